The molecule has 2 bridgehead atoms. The Labute approximate surface area is 115 Å². The van der Waals surface area contributed by atoms with Crippen LogP contribution >= 0.6 is 0 Å². The number of fused-ring (bicyclic) bond motifs is 2. The summed E-state index contributed by atoms with van der Waals surface area (Å²) < 4.78 is 14.0. The molecule has 1 fully saturated rings. The number of carbonyl (C=O) groups excluding carboxylic acids is 3. The quantitative estimate of drug-likeness (QED) is 0.312. The minimum atomic E-state index is -0.715. The topological polar surface area (TPSA) is 82.1 Å². The Hall–Kier alpha value is -2.31. The van der Waals surface area contributed by atoms with Gasteiger partial charge in [-0.3, -0.25) is 9.69 Å². The van der Waals surface area contributed by atoms with E-state index in [0.29, 0.717) is 5.57 Å². The molecule has 2 rings (SSSR count). The van der Waals surface area contributed by atoms with Crippen LogP contribution < -0.4 is 0 Å². The van der Waals surface area contributed by atoms with E-state index in [0.717, 1.165) is 0 Å². The van der Waals surface area contributed by atoms with Gasteiger partial charge in [-0.05, 0) is 5.57 Å². The molecule has 0 aromatic carbocycles. The summed E-state index contributed by atoms with van der Waals surface area (Å²) in [5.41, 5.74) is 0.474. The zero-order valence-corrected chi connectivity index (χ0v) is 11.4. The van der Waals surface area contributed by atoms with E-state index in [9.17, 15) is 14.4 Å². The van der Waals surface area contributed by atoms with Crippen molar-refractivity contribution in [1.82, 2.24) is 4.90 Å². The number of hydrogen-bond acceptors (Lipinski definition) is 6. The van der Waals surface area contributed by atoms with Crippen molar-refractivity contribution in [3.8, 4) is 0 Å². The molecule has 2 aliphatic rings. The van der Waals surface area contributed by atoms with Gasteiger partial charge in [-0.2, -0.15) is 0 Å². The highest BCUT2D eigenvalue weighted by Crippen LogP contribution is 2.42. The summed E-state index contributed by atoms with van der Waals surface area (Å²) in [6.45, 7) is 0. The standard InChI is InChI=1S/C13H15NO6/c1-18-10(15)6-7-8-4-5-9(11(7)12(16)19-2)14(8)13(17)20-3/h4-6,8-9,11H,1-3H3/b7-6+/t8-,9+,11-/m0/s1. The van der Waals surface area contributed by atoms with Crippen LogP contribution in [0.1, 0.15) is 0 Å². The second-order valence-electron chi connectivity index (χ2n) is 4.37. The van der Waals surface area contributed by atoms with Crippen LogP contribution in [0.4, 0.5) is 4.79 Å². The van der Waals surface area contributed by atoms with Crippen LogP contribution in [0.3, 0.4) is 0 Å². The SMILES string of the molecule is COC(=O)/C=C1/[C@H](C(=O)OC)[C@H]2C=C[C@@H]1N2C(=O)OC. The van der Waals surface area contributed by atoms with Gasteiger partial charge in [-0.15, -0.1) is 0 Å². The van der Waals surface area contributed by atoms with Crippen molar-refractivity contribution in [3.05, 3.63) is 23.8 Å². The first-order valence-corrected chi connectivity index (χ1v) is 5.97. The van der Waals surface area contributed by atoms with E-state index in [-0.39, 0.29) is 0 Å². The number of nitrogens with zero attached hydrogens (tertiary/aromatic N) is 1. The van der Waals surface area contributed by atoms with Crippen LogP contribution in [0.25, 0.3) is 0 Å². The average Bonchev–Trinajstić information content (AvgIpc) is 3.01. The molecule has 108 valence electrons. The number of ether oxygens (including phenoxy) is 3. The number of carbonyl (C=O) groups is 3. The van der Waals surface area contributed by atoms with Crippen LogP contribution in [0.15, 0.2) is 23.8 Å². The molecule has 7 heteroatoms. The first kappa shape index (κ1) is 14.1. The molecule has 1 amide bonds. The van der Waals surface area contributed by atoms with E-state index < -0.39 is 36.0 Å². The molecule has 0 saturated carbocycles. The molecule has 0 spiro atoms. The normalized spacial score (nSPS) is 28.6. The lowest BCUT2D eigenvalue weighted by Gasteiger charge is -2.20. The Morgan fingerprint density at radius 2 is 1.80 bits per heavy atom. The molecule has 0 aliphatic carbocycles. The lowest BCUT2D eigenvalue weighted by atomic mass is 9.88. The molecule has 0 aromatic rings. The van der Waals surface area contributed by atoms with Crippen LogP contribution in [0, 0.1) is 5.92 Å². The molecule has 2 heterocycles. The van der Waals surface area contributed by atoms with Crippen LogP contribution in [0.5, 0.6) is 0 Å². The van der Waals surface area contributed by atoms with Crippen molar-refractivity contribution in [2.75, 3.05) is 21.3 Å². The highest BCUT2D eigenvalue weighted by atomic mass is 16.5. The molecular weight excluding hydrogens is 266 g/mol. The molecule has 7 nitrogen and oxygen atoms in total. The van der Waals surface area contributed by atoms with Crippen molar-refractivity contribution < 1.29 is 28.6 Å². The molecule has 1 saturated heterocycles. The number of amides is 1. The van der Waals surface area contributed by atoms with E-state index in [1.54, 1.807) is 12.2 Å². The van der Waals surface area contributed by atoms with Crippen molar-refractivity contribution in [1.29, 1.82) is 0 Å². The Kier molecular flexibility index (Phi) is 3.78. The third-order valence-corrected chi connectivity index (χ3v) is 3.48. The van der Waals surface area contributed by atoms with Gasteiger partial charge in [0.1, 0.15) is 5.92 Å². The molecule has 2 aliphatic heterocycles. The Morgan fingerprint density at radius 3 is 2.35 bits per heavy atom. The lowest BCUT2D eigenvalue weighted by Crippen LogP contribution is -2.38. The fourth-order valence-electron chi connectivity index (χ4n) is 2.63. The predicted octanol–water partition coefficient (Wildman–Crippen LogP) is 0.264. The van der Waals surface area contributed by atoms with Crippen LogP contribution in [-0.4, -0.2) is 56.3 Å². The summed E-state index contributed by atoms with van der Waals surface area (Å²) in [5.74, 6) is -1.81. The Balaban J connectivity index is 2.41. The summed E-state index contributed by atoms with van der Waals surface area (Å²) in [5, 5.41) is 0. The number of methoxy groups -OCH3 is 3. The molecule has 0 unspecified atom stereocenters. The van der Waals surface area contributed by atoms with Gasteiger partial charge in [-0.25, -0.2) is 9.59 Å². The molecule has 20 heavy (non-hydrogen) atoms. The zero-order chi connectivity index (χ0) is 14.9. The minimum Gasteiger partial charge on any atom is -0.468 e. The average molecular weight is 281 g/mol. The van der Waals surface area contributed by atoms with Gasteiger partial charge in [0.2, 0.25) is 0 Å². The van der Waals surface area contributed by atoms with Crippen LogP contribution in [-0.2, 0) is 23.8 Å². The zero-order valence-electron chi connectivity index (χ0n) is 11.4. The lowest BCUT2D eigenvalue weighted by molar-refractivity contribution is -0.144. The summed E-state index contributed by atoms with van der Waals surface area (Å²) in [4.78, 5) is 36.5. The summed E-state index contributed by atoms with van der Waals surface area (Å²) in [7, 11) is 3.76. The van der Waals surface area contributed by atoms with Gasteiger partial charge >= 0.3 is 18.0 Å². The third-order valence-electron chi connectivity index (χ3n) is 3.48. The predicted molar refractivity (Wildman–Crippen MR) is 66.6 cm³/mol. The van der Waals surface area contributed by atoms with Gasteiger partial charge in [0.05, 0.1) is 33.4 Å². The monoisotopic (exact) mass is 281 g/mol. The van der Waals surface area contributed by atoms with E-state index in [2.05, 4.69) is 4.74 Å². The smallest absolute Gasteiger partial charge is 0.410 e. The summed E-state index contributed by atoms with van der Waals surface area (Å²) in [6, 6.07) is -0.994. The Morgan fingerprint density at radius 1 is 1.10 bits per heavy atom. The van der Waals surface area contributed by atoms with Crippen molar-refractivity contribution in [2.45, 2.75) is 12.1 Å². The summed E-state index contributed by atoms with van der Waals surface area (Å²) >= 11 is 0. The van der Waals surface area contributed by atoms with Crippen molar-refractivity contribution in [2.24, 2.45) is 5.92 Å². The number of esters is 2. The number of hydrogen-bond donors (Lipinski definition) is 0. The number of rotatable bonds is 2. The molecule has 3 atom stereocenters. The first-order valence-electron chi connectivity index (χ1n) is 5.97. The molecule has 0 N–H and O–H groups in total. The van der Waals surface area contributed by atoms with E-state index >= 15 is 0 Å². The van der Waals surface area contributed by atoms with E-state index in [1.807, 2.05) is 0 Å². The van der Waals surface area contributed by atoms with Gasteiger partial charge in [-0.1, -0.05) is 12.2 Å². The van der Waals surface area contributed by atoms with Crippen LogP contribution in [0.2, 0.25) is 0 Å². The van der Waals surface area contributed by atoms with Gasteiger partial charge in [0.15, 0.2) is 0 Å². The third kappa shape index (κ3) is 2.04. The second-order valence-corrected chi connectivity index (χ2v) is 4.37. The van der Waals surface area contributed by atoms with Gasteiger partial charge in [0.25, 0.3) is 0 Å². The van der Waals surface area contributed by atoms with E-state index in [4.69, 9.17) is 9.47 Å². The molecular formula is C13H15NO6. The van der Waals surface area contributed by atoms with Crippen molar-refractivity contribution >= 4 is 18.0 Å². The molecule has 0 radical (unpaired) electrons. The fraction of sp³-hybridized carbons (Fsp3) is 0.462. The first-order chi connectivity index (χ1) is 9.54. The second kappa shape index (κ2) is 5.36. The maximum absolute atomic E-state index is 11.9. The summed E-state index contributed by atoms with van der Waals surface area (Å²) in [6.07, 6.45) is 4.14. The van der Waals surface area contributed by atoms with E-state index in [1.165, 1.54) is 32.3 Å². The minimum absolute atomic E-state index is 0.474. The fourth-order valence-corrected chi connectivity index (χ4v) is 2.63. The van der Waals surface area contributed by atoms with Gasteiger partial charge < -0.3 is 14.2 Å². The maximum Gasteiger partial charge on any atom is 0.410 e. The largest absolute Gasteiger partial charge is 0.468 e. The highest BCUT2D eigenvalue weighted by Gasteiger charge is 2.53. The highest BCUT2D eigenvalue weighted by molar-refractivity contribution is 5.89. The molecule has 0 aromatic heterocycles. The van der Waals surface area contributed by atoms with Gasteiger partial charge in [0, 0.05) is 6.08 Å². The van der Waals surface area contributed by atoms with Crippen molar-refractivity contribution in [3.63, 3.8) is 0 Å². The maximum atomic E-state index is 11.9. The Bertz CT molecular complexity index is 509.